The van der Waals surface area contributed by atoms with Gasteiger partial charge in [-0.3, -0.25) is 4.79 Å². The van der Waals surface area contributed by atoms with Gasteiger partial charge in [-0.15, -0.1) is 0 Å². The van der Waals surface area contributed by atoms with Gasteiger partial charge >= 0.3 is 0 Å². The lowest BCUT2D eigenvalue weighted by atomic mass is 10.2. The first kappa shape index (κ1) is 15.3. The number of nitrogens with one attached hydrogen (secondary N) is 1. The molecule has 0 saturated heterocycles. The third kappa shape index (κ3) is 3.73. The highest BCUT2D eigenvalue weighted by molar-refractivity contribution is 5.41. The first-order chi connectivity index (χ1) is 10.2. The molecular formula is C17H22N2O2. The molecule has 1 N–H and O–H groups in total. The summed E-state index contributed by atoms with van der Waals surface area (Å²) in [6, 6.07) is 9.50. The molecule has 1 aromatic carbocycles. The molecule has 0 bridgehead atoms. The van der Waals surface area contributed by atoms with Gasteiger partial charge in [0.1, 0.15) is 5.75 Å². The SMILES string of the molecule is CCCNCc1cn(-c2cccc(OC)c2)c(C)cc1=O. The minimum Gasteiger partial charge on any atom is -0.497 e. The maximum absolute atomic E-state index is 12.1. The van der Waals surface area contributed by atoms with E-state index in [9.17, 15) is 4.79 Å². The van der Waals surface area contributed by atoms with Crippen LogP contribution in [0.4, 0.5) is 0 Å². The van der Waals surface area contributed by atoms with Crippen LogP contribution in [0.2, 0.25) is 0 Å². The van der Waals surface area contributed by atoms with Crippen molar-refractivity contribution in [3.05, 3.63) is 58.0 Å². The Morgan fingerprint density at radius 1 is 1.29 bits per heavy atom. The molecule has 0 radical (unpaired) electrons. The Morgan fingerprint density at radius 3 is 2.81 bits per heavy atom. The first-order valence-corrected chi connectivity index (χ1v) is 7.23. The predicted octanol–water partition coefficient (Wildman–Crippen LogP) is 2.65. The Hall–Kier alpha value is -2.07. The molecule has 0 saturated carbocycles. The van der Waals surface area contributed by atoms with Crippen LogP contribution in [0.25, 0.3) is 5.69 Å². The number of aryl methyl sites for hydroxylation is 1. The van der Waals surface area contributed by atoms with Gasteiger partial charge in [-0.1, -0.05) is 13.0 Å². The number of rotatable bonds is 6. The topological polar surface area (TPSA) is 43.3 Å². The van der Waals surface area contributed by atoms with Crippen LogP contribution >= 0.6 is 0 Å². The van der Waals surface area contributed by atoms with Crippen molar-refractivity contribution in [3.8, 4) is 11.4 Å². The Morgan fingerprint density at radius 2 is 2.10 bits per heavy atom. The lowest BCUT2D eigenvalue weighted by Crippen LogP contribution is -2.22. The van der Waals surface area contributed by atoms with Crippen LogP contribution in [0.5, 0.6) is 5.75 Å². The lowest BCUT2D eigenvalue weighted by molar-refractivity contribution is 0.414. The Balaban J connectivity index is 2.38. The molecule has 0 fully saturated rings. The summed E-state index contributed by atoms with van der Waals surface area (Å²) >= 11 is 0. The molecule has 0 aliphatic rings. The van der Waals surface area contributed by atoms with Gasteiger partial charge in [0.05, 0.1) is 7.11 Å². The summed E-state index contributed by atoms with van der Waals surface area (Å²) in [5, 5.41) is 3.27. The van der Waals surface area contributed by atoms with Crippen LogP contribution < -0.4 is 15.5 Å². The minimum atomic E-state index is 0.0789. The zero-order valence-corrected chi connectivity index (χ0v) is 12.8. The number of hydrogen-bond acceptors (Lipinski definition) is 3. The average Bonchev–Trinajstić information content (AvgIpc) is 2.49. The van der Waals surface area contributed by atoms with Crippen LogP contribution in [-0.2, 0) is 6.54 Å². The standard InChI is InChI=1S/C17H22N2O2/c1-4-8-18-11-14-12-19(13(2)9-17(14)20)15-6-5-7-16(10-15)21-3/h5-7,9-10,12,18H,4,8,11H2,1-3H3. The highest BCUT2D eigenvalue weighted by atomic mass is 16.5. The van der Waals surface area contributed by atoms with E-state index in [4.69, 9.17) is 4.74 Å². The van der Waals surface area contributed by atoms with E-state index in [1.807, 2.05) is 42.0 Å². The molecule has 2 rings (SSSR count). The van der Waals surface area contributed by atoms with Gasteiger partial charge < -0.3 is 14.6 Å². The number of aromatic nitrogens is 1. The summed E-state index contributed by atoms with van der Waals surface area (Å²) in [4.78, 5) is 12.1. The zero-order valence-electron chi connectivity index (χ0n) is 12.8. The summed E-state index contributed by atoms with van der Waals surface area (Å²) in [7, 11) is 1.65. The summed E-state index contributed by atoms with van der Waals surface area (Å²) < 4.78 is 7.28. The van der Waals surface area contributed by atoms with Crippen LogP contribution in [0.3, 0.4) is 0 Å². The van der Waals surface area contributed by atoms with Crippen molar-refractivity contribution in [2.75, 3.05) is 13.7 Å². The summed E-state index contributed by atoms with van der Waals surface area (Å²) in [6.45, 7) is 5.55. The Labute approximate surface area is 125 Å². The van der Waals surface area contributed by atoms with E-state index in [0.29, 0.717) is 6.54 Å². The fourth-order valence-corrected chi connectivity index (χ4v) is 2.24. The van der Waals surface area contributed by atoms with E-state index in [0.717, 1.165) is 35.7 Å². The van der Waals surface area contributed by atoms with Gasteiger partial charge in [0.25, 0.3) is 0 Å². The van der Waals surface area contributed by atoms with E-state index >= 15 is 0 Å². The largest absolute Gasteiger partial charge is 0.497 e. The van der Waals surface area contributed by atoms with Crippen molar-refractivity contribution < 1.29 is 4.74 Å². The molecule has 2 aromatic rings. The fourth-order valence-electron chi connectivity index (χ4n) is 2.24. The number of methoxy groups -OCH3 is 1. The summed E-state index contributed by atoms with van der Waals surface area (Å²) in [5.74, 6) is 0.802. The van der Waals surface area contributed by atoms with Crippen molar-refractivity contribution in [3.63, 3.8) is 0 Å². The van der Waals surface area contributed by atoms with Crippen molar-refractivity contribution in [1.82, 2.24) is 9.88 Å². The van der Waals surface area contributed by atoms with Gasteiger partial charge in [0.15, 0.2) is 5.43 Å². The second kappa shape index (κ2) is 7.09. The molecule has 1 aromatic heterocycles. The maximum Gasteiger partial charge on any atom is 0.186 e. The second-order valence-corrected chi connectivity index (χ2v) is 5.05. The number of hydrogen-bond donors (Lipinski definition) is 1. The second-order valence-electron chi connectivity index (χ2n) is 5.05. The quantitative estimate of drug-likeness (QED) is 0.830. The van der Waals surface area contributed by atoms with Crippen molar-refractivity contribution >= 4 is 0 Å². The molecule has 0 atom stereocenters. The van der Waals surface area contributed by atoms with E-state index in [-0.39, 0.29) is 5.43 Å². The van der Waals surface area contributed by atoms with Crippen LogP contribution in [0.1, 0.15) is 24.6 Å². The smallest absolute Gasteiger partial charge is 0.186 e. The van der Waals surface area contributed by atoms with Crippen LogP contribution in [0.15, 0.2) is 41.3 Å². The van der Waals surface area contributed by atoms with Gasteiger partial charge in [-0.25, -0.2) is 0 Å². The van der Waals surface area contributed by atoms with E-state index < -0.39 is 0 Å². The highest BCUT2D eigenvalue weighted by Gasteiger charge is 2.06. The number of ether oxygens (including phenoxy) is 1. The van der Waals surface area contributed by atoms with E-state index in [2.05, 4.69) is 12.2 Å². The molecule has 0 amide bonds. The highest BCUT2D eigenvalue weighted by Crippen LogP contribution is 2.17. The number of benzene rings is 1. The molecule has 1 heterocycles. The van der Waals surface area contributed by atoms with Gasteiger partial charge in [-0.2, -0.15) is 0 Å². The lowest BCUT2D eigenvalue weighted by Gasteiger charge is -2.14. The third-order valence-electron chi connectivity index (χ3n) is 3.40. The van der Waals surface area contributed by atoms with Gasteiger partial charge in [0.2, 0.25) is 0 Å². The van der Waals surface area contributed by atoms with Crippen LogP contribution in [-0.4, -0.2) is 18.2 Å². The number of nitrogens with zero attached hydrogens (tertiary/aromatic N) is 1. The summed E-state index contributed by atoms with van der Waals surface area (Å²) in [6.07, 6.45) is 2.96. The molecule has 0 unspecified atom stereocenters. The molecule has 112 valence electrons. The van der Waals surface area contributed by atoms with Crippen molar-refractivity contribution in [2.24, 2.45) is 0 Å². The van der Waals surface area contributed by atoms with E-state index in [1.54, 1.807) is 13.2 Å². The molecule has 4 heteroatoms. The Bertz CT molecular complexity index is 662. The minimum absolute atomic E-state index is 0.0789. The molecule has 4 nitrogen and oxygen atoms in total. The van der Waals surface area contributed by atoms with Crippen LogP contribution in [0, 0.1) is 6.92 Å². The normalized spacial score (nSPS) is 10.6. The van der Waals surface area contributed by atoms with Gasteiger partial charge in [-0.05, 0) is 32.0 Å². The third-order valence-corrected chi connectivity index (χ3v) is 3.40. The molecule has 0 aliphatic carbocycles. The number of pyridine rings is 1. The Kier molecular flexibility index (Phi) is 5.17. The van der Waals surface area contributed by atoms with Gasteiger partial charge in [0, 0.05) is 41.8 Å². The molecule has 0 spiro atoms. The average molecular weight is 286 g/mol. The van der Waals surface area contributed by atoms with E-state index in [1.165, 1.54) is 0 Å². The predicted molar refractivity (Wildman–Crippen MR) is 85.3 cm³/mol. The van der Waals surface area contributed by atoms with Crippen molar-refractivity contribution in [1.29, 1.82) is 0 Å². The fraction of sp³-hybridized carbons (Fsp3) is 0.353. The first-order valence-electron chi connectivity index (χ1n) is 7.23. The molecule has 0 aliphatic heterocycles. The summed E-state index contributed by atoms with van der Waals surface area (Å²) in [5.41, 5.74) is 2.75. The molecule has 21 heavy (non-hydrogen) atoms. The van der Waals surface area contributed by atoms with Crippen molar-refractivity contribution in [2.45, 2.75) is 26.8 Å². The zero-order chi connectivity index (χ0) is 15.2. The monoisotopic (exact) mass is 286 g/mol. The maximum atomic E-state index is 12.1. The molecular weight excluding hydrogens is 264 g/mol.